The number of aliphatic hydroxyl groups is 1. The largest absolute Gasteiger partial charge is 0.573 e. The highest BCUT2D eigenvalue weighted by atomic mass is 19.4. The van der Waals surface area contributed by atoms with E-state index in [0.29, 0.717) is 11.4 Å². The van der Waals surface area contributed by atoms with Gasteiger partial charge in [-0.15, -0.1) is 13.2 Å². The summed E-state index contributed by atoms with van der Waals surface area (Å²) in [5.41, 5.74) is 0.730. The topological polar surface area (TPSA) is 105 Å². The van der Waals surface area contributed by atoms with Gasteiger partial charge in [-0.2, -0.15) is 0 Å². The Balaban J connectivity index is 1.42. The summed E-state index contributed by atoms with van der Waals surface area (Å²) in [4.78, 5) is 15.7. The molecule has 0 aliphatic heterocycles. The lowest BCUT2D eigenvalue weighted by molar-refractivity contribution is -0.274. The third kappa shape index (κ3) is 7.27. The number of carbonyl (C=O) groups excluding carboxylic acids is 1. The number of halogens is 3. The van der Waals surface area contributed by atoms with E-state index in [4.69, 9.17) is 4.74 Å². The lowest BCUT2D eigenvalue weighted by atomic mass is 9.93. The molecule has 1 unspecified atom stereocenters. The molecule has 1 atom stereocenters. The van der Waals surface area contributed by atoms with Crippen LogP contribution in [0.1, 0.15) is 36.2 Å². The van der Waals surface area contributed by atoms with Crippen LogP contribution in [0.3, 0.4) is 0 Å². The van der Waals surface area contributed by atoms with E-state index in [1.165, 1.54) is 37.5 Å². The van der Waals surface area contributed by atoms with Crippen molar-refractivity contribution in [2.45, 2.75) is 50.5 Å². The van der Waals surface area contributed by atoms with Crippen LogP contribution in [0.4, 0.5) is 18.9 Å². The van der Waals surface area contributed by atoms with E-state index in [1.54, 1.807) is 12.1 Å². The summed E-state index contributed by atoms with van der Waals surface area (Å²) >= 11 is 0. The Morgan fingerprint density at radius 2 is 1.81 bits per heavy atom. The molecule has 1 saturated carbocycles. The molecule has 1 aromatic heterocycles. The van der Waals surface area contributed by atoms with Gasteiger partial charge in [0.1, 0.15) is 17.2 Å². The van der Waals surface area contributed by atoms with Crippen LogP contribution < -0.4 is 25.4 Å². The zero-order chi connectivity index (χ0) is 23.1. The molecule has 0 bridgehead atoms. The lowest BCUT2D eigenvalue weighted by Crippen LogP contribution is -2.45. The van der Waals surface area contributed by atoms with Gasteiger partial charge in [0.25, 0.3) is 5.91 Å². The quantitative estimate of drug-likeness (QED) is 0.455. The van der Waals surface area contributed by atoms with Crippen LogP contribution in [0.2, 0.25) is 0 Å². The molecule has 32 heavy (non-hydrogen) atoms. The predicted octanol–water partition coefficient (Wildman–Crippen LogP) is 3.01. The summed E-state index contributed by atoms with van der Waals surface area (Å²) in [7, 11) is 1.53. The second-order valence-corrected chi connectivity index (χ2v) is 7.33. The number of nitrogens with one attached hydrogen (secondary N) is 3. The average molecular weight is 454 g/mol. The maximum atomic E-state index is 12.2. The molecule has 4 N–H and O–H groups in total. The molecule has 0 radical (unpaired) electrons. The Labute approximate surface area is 183 Å². The first-order valence-electron chi connectivity index (χ1n) is 10.1. The van der Waals surface area contributed by atoms with Gasteiger partial charge in [0.05, 0.1) is 6.10 Å². The molecule has 8 nitrogen and oxygen atoms in total. The molecule has 3 rings (SSSR count). The molecule has 1 amide bonds. The summed E-state index contributed by atoms with van der Waals surface area (Å²) in [5, 5.41) is 18.6. The Morgan fingerprint density at radius 1 is 1.12 bits per heavy atom. The van der Waals surface area contributed by atoms with E-state index in [-0.39, 0.29) is 29.5 Å². The highest BCUT2D eigenvalue weighted by Crippen LogP contribution is 2.26. The first-order chi connectivity index (χ1) is 15.2. The van der Waals surface area contributed by atoms with E-state index in [1.807, 2.05) is 0 Å². The number of anilines is 1. The van der Waals surface area contributed by atoms with Crippen LogP contribution in [0.15, 0.2) is 42.6 Å². The van der Waals surface area contributed by atoms with Crippen molar-refractivity contribution in [3.05, 3.63) is 48.3 Å². The maximum Gasteiger partial charge on any atom is 0.573 e. The van der Waals surface area contributed by atoms with Crippen molar-refractivity contribution in [2.24, 2.45) is 0 Å². The molecule has 1 aliphatic rings. The van der Waals surface area contributed by atoms with Gasteiger partial charge in [-0.25, -0.2) is 0 Å². The fraction of sp³-hybridized carbons (Fsp3) is 0.429. The number of alkyl halides is 3. The van der Waals surface area contributed by atoms with Gasteiger partial charge < -0.3 is 25.2 Å². The minimum atomic E-state index is -4.75. The van der Waals surface area contributed by atoms with Crippen molar-refractivity contribution in [2.75, 3.05) is 12.4 Å². The SMILES string of the molecule is CNC(=O)c1cc(OC2CCC(NC(O)Nc3ccc(OC(F)(F)F)cc3)CC2)ccn1. The van der Waals surface area contributed by atoms with E-state index in [9.17, 15) is 23.1 Å². The molecule has 1 heterocycles. The number of hydrogen-bond acceptors (Lipinski definition) is 7. The molecule has 174 valence electrons. The van der Waals surface area contributed by atoms with Crippen LogP contribution >= 0.6 is 0 Å². The van der Waals surface area contributed by atoms with Crippen LogP contribution in [0.25, 0.3) is 0 Å². The molecule has 1 aromatic carbocycles. The number of hydrogen-bond donors (Lipinski definition) is 4. The van der Waals surface area contributed by atoms with Crippen molar-refractivity contribution in [1.29, 1.82) is 0 Å². The molecule has 2 aromatic rings. The molecular weight excluding hydrogens is 429 g/mol. The summed E-state index contributed by atoms with van der Waals surface area (Å²) in [5.74, 6) is -0.0394. The van der Waals surface area contributed by atoms with Gasteiger partial charge >= 0.3 is 6.36 Å². The summed E-state index contributed by atoms with van der Waals surface area (Å²) in [6, 6.07) is 8.46. The number of amides is 1. The van der Waals surface area contributed by atoms with Crippen molar-refractivity contribution in [3.8, 4) is 11.5 Å². The third-order valence-corrected chi connectivity index (χ3v) is 4.95. The van der Waals surface area contributed by atoms with E-state index < -0.39 is 12.7 Å². The predicted molar refractivity (Wildman–Crippen MR) is 110 cm³/mol. The Morgan fingerprint density at radius 3 is 2.44 bits per heavy atom. The molecule has 0 saturated heterocycles. The fourth-order valence-electron chi connectivity index (χ4n) is 3.45. The number of rotatable bonds is 8. The Hall–Kier alpha value is -3.05. The number of nitrogens with zero attached hydrogens (tertiary/aromatic N) is 1. The van der Waals surface area contributed by atoms with Gasteiger partial charge in [-0.1, -0.05) is 0 Å². The van der Waals surface area contributed by atoms with E-state index >= 15 is 0 Å². The molecule has 0 spiro atoms. The standard InChI is InChI=1S/C21H25F3N4O4/c1-25-19(29)18-12-17(10-11-26-18)31-15-6-2-13(3-7-15)27-20(30)28-14-4-8-16(9-5-14)32-21(22,23)24/h4-5,8-13,15,20,27-28,30H,2-3,6-7H2,1H3,(H,25,29). The maximum absolute atomic E-state index is 12.2. The van der Waals surface area contributed by atoms with Crippen LogP contribution in [-0.2, 0) is 0 Å². The van der Waals surface area contributed by atoms with Crippen molar-refractivity contribution in [3.63, 3.8) is 0 Å². The third-order valence-electron chi connectivity index (χ3n) is 4.95. The average Bonchev–Trinajstić information content (AvgIpc) is 2.75. The van der Waals surface area contributed by atoms with Crippen LogP contribution in [0, 0.1) is 0 Å². The number of carbonyl (C=O) groups is 1. The monoisotopic (exact) mass is 454 g/mol. The molecule has 1 fully saturated rings. The minimum Gasteiger partial charge on any atom is -0.490 e. The van der Waals surface area contributed by atoms with Gasteiger partial charge in [0.2, 0.25) is 0 Å². The second-order valence-electron chi connectivity index (χ2n) is 7.33. The highest BCUT2D eigenvalue weighted by molar-refractivity contribution is 5.92. The first kappa shape index (κ1) is 23.6. The Bertz CT molecular complexity index is 887. The van der Waals surface area contributed by atoms with Crippen LogP contribution in [-0.4, -0.2) is 47.9 Å². The fourth-order valence-corrected chi connectivity index (χ4v) is 3.45. The zero-order valence-corrected chi connectivity index (χ0v) is 17.4. The van der Waals surface area contributed by atoms with Gasteiger partial charge in [0, 0.05) is 31.0 Å². The summed E-state index contributed by atoms with van der Waals surface area (Å²) < 4.78 is 46.4. The highest BCUT2D eigenvalue weighted by Gasteiger charge is 2.31. The minimum absolute atomic E-state index is 0.0146. The molecule has 1 aliphatic carbocycles. The summed E-state index contributed by atoms with van der Waals surface area (Å²) in [6.45, 7) is 0. The number of ether oxygens (including phenoxy) is 2. The second kappa shape index (κ2) is 10.5. The van der Waals surface area contributed by atoms with Crippen molar-refractivity contribution in [1.82, 2.24) is 15.6 Å². The van der Waals surface area contributed by atoms with Gasteiger partial charge in [0.15, 0.2) is 6.35 Å². The van der Waals surface area contributed by atoms with Crippen molar-refractivity contribution < 1.29 is 32.5 Å². The van der Waals surface area contributed by atoms with Crippen molar-refractivity contribution >= 4 is 11.6 Å². The van der Waals surface area contributed by atoms with E-state index in [2.05, 4.69) is 25.7 Å². The Kier molecular flexibility index (Phi) is 7.75. The number of aromatic nitrogens is 1. The number of benzene rings is 1. The first-order valence-corrected chi connectivity index (χ1v) is 10.1. The smallest absolute Gasteiger partial charge is 0.490 e. The van der Waals surface area contributed by atoms with E-state index in [0.717, 1.165) is 25.7 Å². The van der Waals surface area contributed by atoms with Crippen LogP contribution in [0.5, 0.6) is 11.5 Å². The van der Waals surface area contributed by atoms with Gasteiger partial charge in [-0.05, 0) is 56.0 Å². The normalized spacial score (nSPS) is 19.7. The summed E-state index contributed by atoms with van der Waals surface area (Å²) in [6.07, 6.45) is -1.28. The molecular formula is C21H25F3N4O4. The number of aliphatic hydroxyl groups excluding tert-OH is 1. The molecule has 11 heteroatoms. The zero-order valence-electron chi connectivity index (χ0n) is 17.4. The number of pyridine rings is 1. The van der Waals surface area contributed by atoms with Gasteiger partial charge in [-0.3, -0.25) is 15.1 Å². The lowest BCUT2D eigenvalue weighted by Gasteiger charge is -2.31.